The van der Waals surface area contributed by atoms with E-state index >= 15 is 0 Å². The fourth-order valence-corrected chi connectivity index (χ4v) is 2.30. The second-order valence-electron chi connectivity index (χ2n) is 4.93. The van der Waals surface area contributed by atoms with Crippen molar-refractivity contribution in [1.29, 1.82) is 0 Å². The molecule has 2 aromatic heterocycles. The van der Waals surface area contributed by atoms with Crippen LogP contribution in [0.15, 0.2) is 48.7 Å². The number of hydrogen-bond acceptors (Lipinski definition) is 3. The number of aromatic nitrogens is 2. The molecule has 106 valence electrons. The molecule has 0 saturated heterocycles. The average molecular weight is 281 g/mol. The number of rotatable bonds is 3. The smallest absolute Gasteiger partial charge is 0.212 e. The fourth-order valence-electron chi connectivity index (χ4n) is 2.30. The predicted octanol–water partition coefficient (Wildman–Crippen LogP) is 3.89. The van der Waals surface area contributed by atoms with Crippen LogP contribution in [0.3, 0.4) is 0 Å². The first-order chi connectivity index (χ1) is 10.2. The maximum atomic E-state index is 12.9. The Morgan fingerprint density at radius 2 is 1.95 bits per heavy atom. The molecule has 4 heteroatoms. The summed E-state index contributed by atoms with van der Waals surface area (Å²) in [5.74, 6) is -0.481. The second kappa shape index (κ2) is 5.48. The van der Waals surface area contributed by atoms with Crippen LogP contribution in [0, 0.1) is 5.95 Å². The van der Waals surface area contributed by atoms with Gasteiger partial charge < -0.3 is 4.90 Å². The van der Waals surface area contributed by atoms with Crippen molar-refractivity contribution in [3.8, 4) is 11.3 Å². The quantitative estimate of drug-likeness (QED) is 0.682. The van der Waals surface area contributed by atoms with Gasteiger partial charge in [0.15, 0.2) is 0 Å². The zero-order chi connectivity index (χ0) is 14.8. The molecule has 0 N–H and O–H groups in total. The van der Waals surface area contributed by atoms with E-state index in [1.54, 1.807) is 6.07 Å². The van der Waals surface area contributed by atoms with Gasteiger partial charge in [-0.15, -0.1) is 0 Å². The maximum Gasteiger partial charge on any atom is 0.212 e. The summed E-state index contributed by atoms with van der Waals surface area (Å²) in [5.41, 5.74) is 3.65. The van der Waals surface area contributed by atoms with Crippen LogP contribution in [0.4, 0.5) is 10.1 Å². The van der Waals surface area contributed by atoms with Crippen molar-refractivity contribution >= 4 is 16.6 Å². The van der Waals surface area contributed by atoms with Gasteiger partial charge in [-0.05, 0) is 31.2 Å². The third-order valence-electron chi connectivity index (χ3n) is 3.61. The van der Waals surface area contributed by atoms with Crippen molar-refractivity contribution in [2.24, 2.45) is 0 Å². The van der Waals surface area contributed by atoms with Crippen LogP contribution >= 0.6 is 0 Å². The zero-order valence-electron chi connectivity index (χ0n) is 12.0. The molecule has 0 spiro atoms. The van der Waals surface area contributed by atoms with Gasteiger partial charge in [-0.2, -0.15) is 4.39 Å². The van der Waals surface area contributed by atoms with Crippen molar-refractivity contribution in [3.63, 3.8) is 0 Å². The van der Waals surface area contributed by atoms with Crippen LogP contribution in [0.2, 0.25) is 0 Å². The molecule has 2 heterocycles. The van der Waals surface area contributed by atoms with Gasteiger partial charge >= 0.3 is 0 Å². The minimum absolute atomic E-state index is 0.481. The number of pyridine rings is 2. The van der Waals surface area contributed by atoms with Crippen LogP contribution in [-0.2, 0) is 0 Å². The Hall–Kier alpha value is -2.49. The Kier molecular flexibility index (Phi) is 3.52. The first-order valence-electron chi connectivity index (χ1n) is 6.92. The molecule has 1 aromatic carbocycles. The van der Waals surface area contributed by atoms with Crippen molar-refractivity contribution in [2.45, 2.75) is 6.92 Å². The molecule has 0 amide bonds. The number of anilines is 1. The van der Waals surface area contributed by atoms with E-state index in [0.29, 0.717) is 0 Å². The second-order valence-corrected chi connectivity index (χ2v) is 4.93. The molecule has 0 aliphatic heterocycles. The minimum Gasteiger partial charge on any atom is -0.373 e. The predicted molar refractivity (Wildman–Crippen MR) is 83.9 cm³/mol. The summed E-state index contributed by atoms with van der Waals surface area (Å²) in [7, 11) is 2.04. The number of benzene rings is 1. The van der Waals surface area contributed by atoms with E-state index in [9.17, 15) is 4.39 Å². The van der Waals surface area contributed by atoms with E-state index in [4.69, 9.17) is 4.98 Å². The van der Waals surface area contributed by atoms with Crippen molar-refractivity contribution < 1.29 is 4.39 Å². The Morgan fingerprint density at radius 1 is 1.10 bits per heavy atom. The highest BCUT2D eigenvalue weighted by molar-refractivity contribution is 5.92. The van der Waals surface area contributed by atoms with Crippen LogP contribution in [0.1, 0.15) is 6.92 Å². The van der Waals surface area contributed by atoms with E-state index in [1.165, 1.54) is 12.3 Å². The van der Waals surface area contributed by atoms with Gasteiger partial charge in [-0.3, -0.25) is 0 Å². The molecule has 0 fully saturated rings. The Bertz CT molecular complexity index is 769. The van der Waals surface area contributed by atoms with Gasteiger partial charge in [-0.25, -0.2) is 9.97 Å². The lowest BCUT2D eigenvalue weighted by Crippen LogP contribution is -2.16. The van der Waals surface area contributed by atoms with Gasteiger partial charge in [0.1, 0.15) is 0 Å². The SMILES string of the molecule is CCN(C)c1cccc2ccc(-c3ccc(F)nc3)nc12. The molecule has 3 rings (SSSR count). The van der Waals surface area contributed by atoms with Crippen LogP contribution < -0.4 is 4.90 Å². The zero-order valence-corrected chi connectivity index (χ0v) is 12.0. The Balaban J connectivity index is 2.16. The van der Waals surface area contributed by atoms with Gasteiger partial charge in [-0.1, -0.05) is 18.2 Å². The maximum absolute atomic E-state index is 12.9. The van der Waals surface area contributed by atoms with Crippen LogP contribution in [0.5, 0.6) is 0 Å². The van der Waals surface area contributed by atoms with Crippen LogP contribution in [-0.4, -0.2) is 23.6 Å². The fraction of sp³-hybridized carbons (Fsp3) is 0.176. The van der Waals surface area contributed by atoms with Crippen molar-refractivity contribution in [3.05, 3.63) is 54.6 Å². The van der Waals surface area contributed by atoms with Gasteiger partial charge in [0, 0.05) is 30.7 Å². The lowest BCUT2D eigenvalue weighted by Gasteiger charge is -2.18. The first kappa shape index (κ1) is 13.5. The minimum atomic E-state index is -0.481. The Morgan fingerprint density at radius 3 is 2.67 bits per heavy atom. The van der Waals surface area contributed by atoms with E-state index in [1.807, 2.05) is 31.3 Å². The first-order valence-corrected chi connectivity index (χ1v) is 6.92. The van der Waals surface area contributed by atoms with E-state index in [0.717, 1.165) is 34.4 Å². The standard InChI is InChI=1S/C17H16FN3/c1-3-21(2)15-6-4-5-12-7-9-14(20-17(12)15)13-8-10-16(18)19-11-13/h4-11H,3H2,1-2H3. The average Bonchev–Trinajstić information content (AvgIpc) is 2.54. The van der Waals surface area contributed by atoms with E-state index < -0.39 is 5.95 Å². The summed E-state index contributed by atoms with van der Waals surface area (Å²) in [6.45, 7) is 3.01. The molecule has 0 unspecified atom stereocenters. The highest BCUT2D eigenvalue weighted by Crippen LogP contribution is 2.27. The topological polar surface area (TPSA) is 29.0 Å². The van der Waals surface area contributed by atoms with Crippen LogP contribution in [0.25, 0.3) is 22.2 Å². The van der Waals surface area contributed by atoms with Gasteiger partial charge in [0.2, 0.25) is 5.95 Å². The normalized spacial score (nSPS) is 10.8. The molecule has 21 heavy (non-hydrogen) atoms. The molecule has 0 bridgehead atoms. The van der Waals surface area contributed by atoms with Gasteiger partial charge in [0.05, 0.1) is 16.9 Å². The molecule has 0 atom stereocenters. The number of para-hydroxylation sites is 1. The summed E-state index contributed by atoms with van der Waals surface area (Å²) in [6, 6.07) is 13.2. The lowest BCUT2D eigenvalue weighted by molar-refractivity contribution is 0.584. The molecule has 0 radical (unpaired) electrons. The van der Waals surface area contributed by atoms with Crippen molar-refractivity contribution in [2.75, 3.05) is 18.5 Å². The number of nitrogens with zero attached hydrogens (tertiary/aromatic N) is 3. The highest BCUT2D eigenvalue weighted by atomic mass is 19.1. The monoisotopic (exact) mass is 281 g/mol. The van der Waals surface area contributed by atoms with E-state index in [-0.39, 0.29) is 0 Å². The molecule has 0 aliphatic rings. The number of halogens is 1. The molecular formula is C17H16FN3. The third kappa shape index (κ3) is 2.57. The summed E-state index contributed by atoms with van der Waals surface area (Å²) in [5, 5.41) is 1.09. The van der Waals surface area contributed by atoms with Gasteiger partial charge in [0.25, 0.3) is 0 Å². The Labute approximate surface area is 123 Å². The van der Waals surface area contributed by atoms with E-state index in [2.05, 4.69) is 22.9 Å². The molecule has 3 aromatic rings. The molecular weight excluding hydrogens is 265 g/mol. The summed E-state index contributed by atoms with van der Waals surface area (Å²) >= 11 is 0. The third-order valence-corrected chi connectivity index (χ3v) is 3.61. The molecule has 0 aliphatic carbocycles. The number of hydrogen-bond donors (Lipinski definition) is 0. The number of fused-ring (bicyclic) bond motifs is 1. The summed E-state index contributed by atoms with van der Waals surface area (Å²) in [4.78, 5) is 10.6. The molecule has 0 saturated carbocycles. The summed E-state index contributed by atoms with van der Waals surface area (Å²) in [6.07, 6.45) is 1.51. The molecule has 3 nitrogen and oxygen atoms in total. The summed E-state index contributed by atoms with van der Waals surface area (Å²) < 4.78 is 12.9. The lowest BCUT2D eigenvalue weighted by atomic mass is 10.1. The van der Waals surface area contributed by atoms with Crippen molar-refractivity contribution in [1.82, 2.24) is 9.97 Å². The largest absolute Gasteiger partial charge is 0.373 e. The highest BCUT2D eigenvalue weighted by Gasteiger charge is 2.08.